The predicted molar refractivity (Wildman–Crippen MR) is 31.9 cm³/mol. The van der Waals surface area contributed by atoms with Gasteiger partial charge in [0, 0.05) is 0 Å². The molecule has 0 saturated carbocycles. The highest BCUT2D eigenvalue weighted by Gasteiger charge is 2.39. The Balaban J connectivity index is 4.19. The number of hydrogen-bond acceptors (Lipinski definition) is 3. The summed E-state index contributed by atoms with van der Waals surface area (Å²) in [5.41, 5.74) is 0. The first kappa shape index (κ1) is 8.45. The monoisotopic (exact) mass is 132 g/mol. The number of carboxylic acids is 1. The van der Waals surface area contributed by atoms with E-state index in [2.05, 4.69) is 0 Å². The molecule has 0 heterocycles. The molecular formula is C4H9BO4. The molecule has 0 rings (SSSR count). The van der Waals surface area contributed by atoms with Crippen LogP contribution in [0.1, 0.15) is 13.8 Å². The first-order valence-corrected chi connectivity index (χ1v) is 2.48. The van der Waals surface area contributed by atoms with Crippen LogP contribution >= 0.6 is 0 Å². The largest absolute Gasteiger partial charge is 0.481 e. The second kappa shape index (κ2) is 2.37. The molecule has 9 heavy (non-hydrogen) atoms. The maximum absolute atomic E-state index is 10.1. The molecule has 0 aromatic carbocycles. The molecule has 0 unspecified atom stereocenters. The van der Waals surface area contributed by atoms with Gasteiger partial charge in [-0.3, -0.25) is 4.79 Å². The van der Waals surface area contributed by atoms with Crippen LogP contribution < -0.4 is 0 Å². The van der Waals surface area contributed by atoms with E-state index in [0.717, 1.165) is 0 Å². The summed E-state index contributed by atoms with van der Waals surface area (Å²) >= 11 is 0. The zero-order valence-electron chi connectivity index (χ0n) is 5.33. The summed E-state index contributed by atoms with van der Waals surface area (Å²) in [5.74, 6) is -1.22. The Morgan fingerprint density at radius 1 is 1.44 bits per heavy atom. The van der Waals surface area contributed by atoms with Crippen molar-refractivity contribution in [3.8, 4) is 0 Å². The summed E-state index contributed by atoms with van der Waals surface area (Å²) in [6.45, 7) is 2.47. The summed E-state index contributed by atoms with van der Waals surface area (Å²) in [4.78, 5) is 10.1. The smallest absolute Gasteiger partial charge is 0.469 e. The van der Waals surface area contributed by atoms with E-state index >= 15 is 0 Å². The van der Waals surface area contributed by atoms with Crippen LogP contribution in [0.25, 0.3) is 0 Å². The first-order valence-electron chi connectivity index (χ1n) is 2.48. The molecule has 0 amide bonds. The molecule has 0 aliphatic carbocycles. The van der Waals surface area contributed by atoms with Gasteiger partial charge in [-0.2, -0.15) is 0 Å². The quantitative estimate of drug-likeness (QED) is 0.435. The fraction of sp³-hybridized carbons (Fsp3) is 0.750. The third-order valence-corrected chi connectivity index (χ3v) is 1.20. The standard InChI is InChI=1S/C4H9BO4/c1-4(2,3(6)7)5(8)9/h8-9H,1-2H3,(H,6,7). The molecule has 0 aromatic rings. The number of carboxylic acid groups (broad SMARTS) is 1. The van der Waals surface area contributed by atoms with Crippen molar-refractivity contribution in [1.29, 1.82) is 0 Å². The topological polar surface area (TPSA) is 77.8 Å². The SMILES string of the molecule is CC(C)(B(O)O)C(=O)O. The Kier molecular flexibility index (Phi) is 2.22. The third-order valence-electron chi connectivity index (χ3n) is 1.20. The van der Waals surface area contributed by atoms with Crippen LogP contribution in [0.4, 0.5) is 0 Å². The van der Waals surface area contributed by atoms with Crippen molar-refractivity contribution in [2.45, 2.75) is 19.2 Å². The summed E-state index contributed by atoms with van der Waals surface area (Å²) < 4.78 is 0. The molecule has 3 N–H and O–H groups in total. The predicted octanol–water partition coefficient (Wildman–Crippen LogP) is -0.676. The van der Waals surface area contributed by atoms with Gasteiger partial charge in [0.2, 0.25) is 0 Å². The van der Waals surface area contributed by atoms with E-state index in [1.165, 1.54) is 13.8 Å². The number of hydrogen-bond donors (Lipinski definition) is 3. The van der Waals surface area contributed by atoms with Crippen LogP contribution in [-0.4, -0.2) is 28.2 Å². The van der Waals surface area contributed by atoms with Crippen LogP contribution in [0.2, 0.25) is 5.31 Å². The molecule has 0 aromatic heterocycles. The zero-order chi connectivity index (χ0) is 7.65. The van der Waals surface area contributed by atoms with Crippen LogP contribution in [0, 0.1) is 0 Å². The Bertz CT molecular complexity index is 120. The van der Waals surface area contributed by atoms with E-state index in [0.29, 0.717) is 0 Å². The summed E-state index contributed by atoms with van der Waals surface area (Å²) in [7, 11) is -1.81. The van der Waals surface area contributed by atoms with Gasteiger partial charge in [0.1, 0.15) is 0 Å². The van der Waals surface area contributed by atoms with Gasteiger partial charge in [0.05, 0.1) is 5.31 Å². The van der Waals surface area contributed by atoms with E-state index in [1.54, 1.807) is 0 Å². The lowest BCUT2D eigenvalue weighted by atomic mass is 9.60. The van der Waals surface area contributed by atoms with E-state index < -0.39 is 18.4 Å². The average molecular weight is 132 g/mol. The minimum Gasteiger partial charge on any atom is -0.481 e. The summed E-state index contributed by atoms with van der Waals surface area (Å²) in [5, 5.41) is 23.7. The Labute approximate surface area is 53.3 Å². The Morgan fingerprint density at radius 3 is 1.78 bits per heavy atom. The van der Waals surface area contributed by atoms with Crippen molar-refractivity contribution in [3.05, 3.63) is 0 Å². The van der Waals surface area contributed by atoms with Gasteiger partial charge in [-0.05, 0) is 0 Å². The van der Waals surface area contributed by atoms with Crippen molar-refractivity contribution in [2.24, 2.45) is 0 Å². The maximum Gasteiger partial charge on any atom is 0.469 e. The molecule has 4 nitrogen and oxygen atoms in total. The highest BCUT2D eigenvalue weighted by molar-refractivity contribution is 6.51. The lowest BCUT2D eigenvalue weighted by Gasteiger charge is -2.16. The molecule has 0 saturated heterocycles. The minimum absolute atomic E-state index is 1.22. The molecule has 0 spiro atoms. The molecule has 0 aliphatic rings. The minimum atomic E-state index is -1.81. The van der Waals surface area contributed by atoms with Crippen molar-refractivity contribution in [1.82, 2.24) is 0 Å². The fourth-order valence-corrected chi connectivity index (χ4v) is 0.110. The van der Waals surface area contributed by atoms with E-state index in [1.807, 2.05) is 0 Å². The van der Waals surface area contributed by atoms with E-state index in [-0.39, 0.29) is 0 Å². The average Bonchev–Trinajstić information content (AvgIpc) is 1.65. The van der Waals surface area contributed by atoms with Crippen LogP contribution in [-0.2, 0) is 4.79 Å². The third kappa shape index (κ3) is 1.69. The van der Waals surface area contributed by atoms with Gasteiger partial charge in [-0.1, -0.05) is 13.8 Å². The van der Waals surface area contributed by atoms with E-state index in [9.17, 15) is 4.79 Å². The van der Waals surface area contributed by atoms with Crippen LogP contribution in [0.5, 0.6) is 0 Å². The highest BCUT2D eigenvalue weighted by atomic mass is 16.4. The van der Waals surface area contributed by atoms with Crippen LogP contribution in [0.3, 0.4) is 0 Å². The van der Waals surface area contributed by atoms with Gasteiger partial charge in [-0.15, -0.1) is 0 Å². The van der Waals surface area contributed by atoms with Gasteiger partial charge in [0.25, 0.3) is 0 Å². The zero-order valence-corrected chi connectivity index (χ0v) is 5.33. The summed E-state index contributed by atoms with van der Waals surface area (Å²) in [6, 6.07) is 0. The van der Waals surface area contributed by atoms with Gasteiger partial charge >= 0.3 is 13.1 Å². The molecule has 5 heteroatoms. The molecule has 0 fully saturated rings. The highest BCUT2D eigenvalue weighted by Crippen LogP contribution is 2.24. The second-order valence-corrected chi connectivity index (χ2v) is 2.40. The van der Waals surface area contributed by atoms with Gasteiger partial charge in [0.15, 0.2) is 0 Å². The maximum atomic E-state index is 10.1. The normalized spacial score (nSPS) is 11.1. The van der Waals surface area contributed by atoms with E-state index in [4.69, 9.17) is 15.2 Å². The lowest BCUT2D eigenvalue weighted by molar-refractivity contribution is -0.140. The Hall–Kier alpha value is -0.545. The Morgan fingerprint density at radius 2 is 1.78 bits per heavy atom. The van der Waals surface area contributed by atoms with Crippen molar-refractivity contribution in [3.63, 3.8) is 0 Å². The summed E-state index contributed by atoms with van der Waals surface area (Å²) in [6.07, 6.45) is 0. The molecule has 52 valence electrons. The molecular weight excluding hydrogens is 123 g/mol. The molecule has 0 aliphatic heterocycles. The number of aliphatic carboxylic acids is 1. The molecule has 0 atom stereocenters. The van der Waals surface area contributed by atoms with Crippen molar-refractivity contribution in [2.75, 3.05) is 0 Å². The number of rotatable bonds is 2. The molecule has 0 radical (unpaired) electrons. The molecule has 0 bridgehead atoms. The van der Waals surface area contributed by atoms with Gasteiger partial charge < -0.3 is 15.2 Å². The number of carbonyl (C=O) groups is 1. The van der Waals surface area contributed by atoms with Crippen molar-refractivity contribution < 1.29 is 19.9 Å². The second-order valence-electron chi connectivity index (χ2n) is 2.40. The fourth-order valence-electron chi connectivity index (χ4n) is 0.110. The first-order chi connectivity index (χ1) is 3.89. The van der Waals surface area contributed by atoms with Crippen molar-refractivity contribution >= 4 is 13.1 Å². The van der Waals surface area contributed by atoms with Crippen LogP contribution in [0.15, 0.2) is 0 Å². The lowest BCUT2D eigenvalue weighted by Crippen LogP contribution is -2.34. The van der Waals surface area contributed by atoms with Gasteiger partial charge in [-0.25, -0.2) is 0 Å².